The number of halogens is 1. The third-order valence-corrected chi connectivity index (χ3v) is 4.28. The molecular formula is C17H22ClN3O3. The molecule has 1 fully saturated rings. The molecule has 24 heavy (non-hydrogen) atoms. The number of ether oxygens (including phenoxy) is 2. The first kappa shape index (κ1) is 18.3. The Morgan fingerprint density at radius 1 is 1.33 bits per heavy atom. The molecule has 1 saturated carbocycles. The van der Waals surface area contributed by atoms with Gasteiger partial charge in [-0.2, -0.15) is 4.98 Å². The Bertz CT molecular complexity index is 726. The number of allylic oxidation sites excluding steroid dienone is 1. The fourth-order valence-corrected chi connectivity index (χ4v) is 2.80. The van der Waals surface area contributed by atoms with Crippen LogP contribution in [0.4, 0.5) is 0 Å². The van der Waals surface area contributed by atoms with E-state index in [4.69, 9.17) is 19.7 Å². The normalized spacial score (nSPS) is 15.1. The quantitative estimate of drug-likeness (QED) is 0.804. The Labute approximate surface area is 147 Å². The first-order valence-corrected chi connectivity index (χ1v) is 7.60. The molecule has 0 bridgehead atoms. The fraction of sp³-hybridized carbons (Fsp3) is 0.412. The predicted octanol–water partition coefficient (Wildman–Crippen LogP) is 3.24. The molecule has 0 radical (unpaired) electrons. The van der Waals surface area contributed by atoms with E-state index in [9.17, 15) is 0 Å². The van der Waals surface area contributed by atoms with E-state index in [0.717, 1.165) is 30.4 Å². The van der Waals surface area contributed by atoms with Crippen LogP contribution in [-0.4, -0.2) is 24.4 Å². The van der Waals surface area contributed by atoms with Crippen molar-refractivity contribution in [2.75, 3.05) is 14.2 Å². The van der Waals surface area contributed by atoms with Gasteiger partial charge in [-0.1, -0.05) is 11.2 Å². The summed E-state index contributed by atoms with van der Waals surface area (Å²) in [4.78, 5) is 4.48. The summed E-state index contributed by atoms with van der Waals surface area (Å²) in [5, 5.41) is 4.06. The number of aromatic nitrogens is 2. The maximum absolute atomic E-state index is 6.25. The highest BCUT2D eigenvalue weighted by Crippen LogP contribution is 2.39. The van der Waals surface area contributed by atoms with Crippen LogP contribution in [0.15, 0.2) is 29.3 Å². The van der Waals surface area contributed by atoms with Gasteiger partial charge in [-0.05, 0) is 37.8 Å². The van der Waals surface area contributed by atoms with Crippen LogP contribution in [0.25, 0.3) is 11.5 Å². The molecule has 6 nitrogen and oxygen atoms in total. The molecule has 0 amide bonds. The van der Waals surface area contributed by atoms with Crippen molar-refractivity contribution in [1.29, 1.82) is 0 Å². The van der Waals surface area contributed by atoms with E-state index >= 15 is 0 Å². The van der Waals surface area contributed by atoms with E-state index in [2.05, 4.69) is 16.7 Å². The van der Waals surface area contributed by atoms with Gasteiger partial charge < -0.3 is 19.7 Å². The Kier molecular flexibility index (Phi) is 5.51. The number of methoxy groups -OCH3 is 2. The third kappa shape index (κ3) is 3.12. The van der Waals surface area contributed by atoms with Crippen LogP contribution in [0, 0.1) is 0 Å². The maximum atomic E-state index is 6.25. The fourth-order valence-electron chi connectivity index (χ4n) is 2.80. The minimum Gasteiger partial charge on any atom is -0.493 e. The van der Waals surface area contributed by atoms with Crippen molar-refractivity contribution in [2.24, 2.45) is 5.73 Å². The minimum atomic E-state index is -0.442. The molecule has 1 aliphatic carbocycles. The van der Waals surface area contributed by atoms with Gasteiger partial charge in [-0.3, -0.25) is 0 Å². The topological polar surface area (TPSA) is 83.4 Å². The Hall–Kier alpha value is -2.05. The molecular weight excluding hydrogens is 330 g/mol. The second-order valence-corrected chi connectivity index (χ2v) is 5.80. The summed E-state index contributed by atoms with van der Waals surface area (Å²) in [5.41, 5.74) is 7.54. The van der Waals surface area contributed by atoms with Crippen molar-refractivity contribution in [2.45, 2.75) is 31.2 Å². The van der Waals surface area contributed by atoms with Crippen molar-refractivity contribution < 1.29 is 14.0 Å². The van der Waals surface area contributed by atoms with Crippen LogP contribution in [0.5, 0.6) is 11.5 Å². The van der Waals surface area contributed by atoms with Crippen LogP contribution in [-0.2, 0) is 12.0 Å². The van der Waals surface area contributed by atoms with Crippen LogP contribution >= 0.6 is 12.4 Å². The van der Waals surface area contributed by atoms with Crippen molar-refractivity contribution >= 4 is 12.4 Å². The molecule has 0 atom stereocenters. The average Bonchev–Trinajstić information content (AvgIpc) is 3.02. The van der Waals surface area contributed by atoms with Crippen molar-refractivity contribution in [3.05, 3.63) is 36.2 Å². The monoisotopic (exact) mass is 351 g/mol. The van der Waals surface area contributed by atoms with Gasteiger partial charge in [0, 0.05) is 11.1 Å². The zero-order valence-corrected chi connectivity index (χ0v) is 14.7. The lowest BCUT2D eigenvalue weighted by atomic mass is 9.77. The zero-order valence-electron chi connectivity index (χ0n) is 13.9. The highest BCUT2D eigenvalue weighted by molar-refractivity contribution is 5.85. The molecule has 3 rings (SSSR count). The van der Waals surface area contributed by atoms with E-state index < -0.39 is 5.54 Å². The molecule has 1 aliphatic rings. The smallest absolute Gasteiger partial charge is 0.258 e. The number of benzene rings is 1. The van der Waals surface area contributed by atoms with Gasteiger partial charge in [0.25, 0.3) is 5.89 Å². The Balaban J connectivity index is 0.00000208. The predicted molar refractivity (Wildman–Crippen MR) is 93.7 cm³/mol. The van der Waals surface area contributed by atoms with Crippen molar-refractivity contribution in [1.82, 2.24) is 10.1 Å². The summed E-state index contributed by atoms with van der Waals surface area (Å²) in [6.07, 6.45) is 5.33. The van der Waals surface area contributed by atoms with Crippen LogP contribution < -0.4 is 15.2 Å². The Morgan fingerprint density at radius 3 is 2.62 bits per heavy atom. The highest BCUT2D eigenvalue weighted by Gasteiger charge is 2.39. The number of rotatable bonds is 6. The van der Waals surface area contributed by atoms with Gasteiger partial charge in [0.15, 0.2) is 17.3 Å². The van der Waals surface area contributed by atoms with E-state index in [-0.39, 0.29) is 12.4 Å². The molecule has 2 N–H and O–H groups in total. The van der Waals surface area contributed by atoms with Crippen LogP contribution in [0.2, 0.25) is 0 Å². The van der Waals surface area contributed by atoms with E-state index in [0.29, 0.717) is 29.6 Å². The van der Waals surface area contributed by atoms with E-state index in [1.54, 1.807) is 14.2 Å². The summed E-state index contributed by atoms with van der Waals surface area (Å²) in [7, 11) is 3.21. The minimum absolute atomic E-state index is 0. The first-order chi connectivity index (χ1) is 11.1. The first-order valence-electron chi connectivity index (χ1n) is 7.60. The Morgan fingerprint density at radius 2 is 2.08 bits per heavy atom. The van der Waals surface area contributed by atoms with Gasteiger partial charge in [0.05, 0.1) is 19.8 Å². The van der Waals surface area contributed by atoms with Gasteiger partial charge >= 0.3 is 0 Å². The number of hydrogen-bond acceptors (Lipinski definition) is 6. The average molecular weight is 352 g/mol. The lowest BCUT2D eigenvalue weighted by Gasteiger charge is -2.34. The maximum Gasteiger partial charge on any atom is 0.258 e. The van der Waals surface area contributed by atoms with Gasteiger partial charge in [0.1, 0.15) is 0 Å². The number of hydrogen-bond donors (Lipinski definition) is 1. The molecule has 0 spiro atoms. The molecule has 0 unspecified atom stereocenters. The summed E-state index contributed by atoms with van der Waals surface area (Å²) in [6.45, 7) is 3.78. The van der Waals surface area contributed by atoms with Crippen LogP contribution in [0.1, 0.15) is 30.7 Å². The summed E-state index contributed by atoms with van der Waals surface area (Å²) in [5.74, 6) is 2.31. The zero-order chi connectivity index (χ0) is 16.4. The standard InChI is InChI=1S/C17H21N3O3.ClH/c1-4-6-11-9-12(10-13(21-2)14(11)22-3)15-19-16(20-23-15)17(18)7-5-8-17;/h4,9-10H,1,5-8,18H2,2-3H3;1H. The van der Waals surface area contributed by atoms with E-state index in [1.807, 2.05) is 18.2 Å². The molecule has 1 heterocycles. The van der Waals surface area contributed by atoms with Crippen molar-refractivity contribution in [3.8, 4) is 23.0 Å². The molecule has 7 heteroatoms. The lowest BCUT2D eigenvalue weighted by Crippen LogP contribution is -2.44. The molecule has 0 aliphatic heterocycles. The van der Waals surface area contributed by atoms with Gasteiger partial charge in [-0.25, -0.2) is 0 Å². The number of nitrogens with two attached hydrogens (primary N) is 1. The third-order valence-electron chi connectivity index (χ3n) is 4.28. The largest absolute Gasteiger partial charge is 0.493 e. The summed E-state index contributed by atoms with van der Waals surface area (Å²) >= 11 is 0. The molecule has 2 aromatic rings. The van der Waals surface area contributed by atoms with E-state index in [1.165, 1.54) is 0 Å². The van der Waals surface area contributed by atoms with Crippen LogP contribution in [0.3, 0.4) is 0 Å². The summed E-state index contributed by atoms with van der Waals surface area (Å²) in [6, 6.07) is 3.77. The lowest BCUT2D eigenvalue weighted by molar-refractivity contribution is 0.229. The molecule has 0 saturated heterocycles. The second kappa shape index (κ2) is 7.23. The van der Waals surface area contributed by atoms with Crippen molar-refractivity contribution in [3.63, 3.8) is 0 Å². The number of nitrogens with zero attached hydrogens (tertiary/aromatic N) is 2. The second-order valence-electron chi connectivity index (χ2n) is 5.80. The molecule has 130 valence electrons. The SMILES string of the molecule is C=CCc1cc(-c2nc(C3(N)CCC3)no2)cc(OC)c1OC.Cl. The van der Waals surface area contributed by atoms with Gasteiger partial charge in [0.2, 0.25) is 0 Å². The molecule has 1 aromatic heterocycles. The molecule has 1 aromatic carbocycles. The summed E-state index contributed by atoms with van der Waals surface area (Å²) < 4.78 is 16.3. The highest BCUT2D eigenvalue weighted by atomic mass is 35.5. The van der Waals surface area contributed by atoms with Gasteiger partial charge in [-0.15, -0.1) is 19.0 Å².